The summed E-state index contributed by atoms with van der Waals surface area (Å²) in [5.74, 6) is 0.580. The van der Waals surface area contributed by atoms with Gasteiger partial charge in [-0.2, -0.15) is 5.10 Å². The highest BCUT2D eigenvalue weighted by atomic mass is 35.5. The predicted octanol–water partition coefficient (Wildman–Crippen LogP) is 5.19. The van der Waals surface area contributed by atoms with Crippen molar-refractivity contribution < 1.29 is 13.9 Å². The topological polar surface area (TPSA) is 42.8 Å². The van der Waals surface area contributed by atoms with E-state index in [1.54, 1.807) is 31.5 Å². The molecule has 0 atom stereocenters. The summed E-state index contributed by atoms with van der Waals surface area (Å²) in [4.78, 5) is 0. The van der Waals surface area contributed by atoms with E-state index in [-0.39, 0.29) is 6.61 Å². The van der Waals surface area contributed by atoms with E-state index in [0.717, 1.165) is 5.56 Å². The third kappa shape index (κ3) is 5.02. The van der Waals surface area contributed by atoms with E-state index < -0.39 is 5.82 Å². The molecule has 0 spiro atoms. The van der Waals surface area contributed by atoms with Gasteiger partial charge in [0.05, 0.1) is 24.9 Å². The second kappa shape index (κ2) is 9.76. The molecule has 0 amide bonds. The van der Waals surface area contributed by atoms with Crippen LogP contribution in [0.2, 0.25) is 5.02 Å². The smallest absolute Gasteiger partial charge is 0.170 e. The van der Waals surface area contributed by atoms with Crippen molar-refractivity contribution in [2.45, 2.75) is 13.2 Å². The van der Waals surface area contributed by atoms with E-state index in [9.17, 15) is 4.39 Å². The van der Waals surface area contributed by atoms with Crippen molar-refractivity contribution >= 4 is 17.8 Å². The van der Waals surface area contributed by atoms with E-state index in [0.29, 0.717) is 34.2 Å². The molecule has 3 aromatic carbocycles. The lowest BCUT2D eigenvalue weighted by molar-refractivity contribution is 0.279. The molecule has 1 N–H and O–H groups in total. The predicted molar refractivity (Wildman–Crippen MR) is 110 cm³/mol. The number of ether oxygens (including phenoxy) is 2. The minimum atomic E-state index is -0.415. The first-order valence-corrected chi connectivity index (χ1v) is 9.09. The van der Waals surface area contributed by atoms with Crippen LogP contribution in [-0.2, 0) is 13.2 Å². The fourth-order valence-electron chi connectivity index (χ4n) is 2.61. The van der Waals surface area contributed by atoms with Crippen LogP contribution in [0.1, 0.15) is 16.7 Å². The highest BCUT2D eigenvalue weighted by Gasteiger charge is 2.13. The Morgan fingerprint density at radius 3 is 2.57 bits per heavy atom. The summed E-state index contributed by atoms with van der Waals surface area (Å²) in [5, 5.41) is 4.57. The number of nitrogens with one attached hydrogen (secondary N) is 1. The maximum atomic E-state index is 14.0. The molecular weight excluding hydrogens is 379 g/mol. The van der Waals surface area contributed by atoms with Crippen molar-refractivity contribution in [3.63, 3.8) is 0 Å². The van der Waals surface area contributed by atoms with Crippen molar-refractivity contribution in [1.29, 1.82) is 0 Å². The highest BCUT2D eigenvalue weighted by molar-refractivity contribution is 6.31. The Balaban J connectivity index is 1.74. The monoisotopic (exact) mass is 398 g/mol. The average Bonchev–Trinajstić information content (AvgIpc) is 2.72. The third-order valence-corrected chi connectivity index (χ3v) is 4.43. The van der Waals surface area contributed by atoms with Crippen molar-refractivity contribution in [3.05, 3.63) is 94.3 Å². The Kier molecular flexibility index (Phi) is 6.87. The van der Waals surface area contributed by atoms with Crippen LogP contribution in [0.4, 0.5) is 4.39 Å². The molecule has 0 aliphatic heterocycles. The summed E-state index contributed by atoms with van der Waals surface area (Å²) in [6.07, 6.45) is 1.64. The first-order valence-electron chi connectivity index (χ1n) is 8.71. The molecule has 3 rings (SSSR count). The van der Waals surface area contributed by atoms with E-state index in [1.165, 1.54) is 6.07 Å². The van der Waals surface area contributed by atoms with E-state index in [4.69, 9.17) is 21.1 Å². The zero-order chi connectivity index (χ0) is 19.8. The summed E-state index contributed by atoms with van der Waals surface area (Å²) in [6.45, 7) is 0.576. The molecular formula is C22H20ClFN2O2. The quantitative estimate of drug-likeness (QED) is 0.419. The molecule has 0 unspecified atom stereocenters. The van der Waals surface area contributed by atoms with Crippen LogP contribution in [0.5, 0.6) is 11.5 Å². The Morgan fingerprint density at radius 1 is 1.04 bits per heavy atom. The fraction of sp³-hybridized carbons (Fsp3) is 0.136. The van der Waals surface area contributed by atoms with Crippen molar-refractivity contribution in [2.24, 2.45) is 5.10 Å². The molecule has 0 saturated heterocycles. The molecule has 0 fully saturated rings. The molecule has 6 heteroatoms. The van der Waals surface area contributed by atoms with Crippen LogP contribution in [0.25, 0.3) is 0 Å². The summed E-state index contributed by atoms with van der Waals surface area (Å²) in [6, 6.07) is 19.9. The Labute approximate surface area is 168 Å². The molecule has 0 aliphatic carbocycles. The lowest BCUT2D eigenvalue weighted by Crippen LogP contribution is -2.07. The van der Waals surface area contributed by atoms with Gasteiger partial charge in [0.2, 0.25) is 0 Å². The molecule has 0 aromatic heterocycles. The van der Waals surface area contributed by atoms with Crippen molar-refractivity contribution in [2.75, 3.05) is 7.11 Å². The number of para-hydroxylation sites is 1. The molecule has 0 saturated carbocycles. The Hall–Kier alpha value is -3.05. The first-order chi connectivity index (χ1) is 13.7. The van der Waals surface area contributed by atoms with Crippen LogP contribution in [0.3, 0.4) is 0 Å². The number of hydrogen-bond acceptors (Lipinski definition) is 4. The van der Waals surface area contributed by atoms with E-state index >= 15 is 0 Å². The van der Waals surface area contributed by atoms with Crippen molar-refractivity contribution in [3.8, 4) is 11.5 Å². The summed E-state index contributed by atoms with van der Waals surface area (Å²) in [7, 11) is 1.55. The van der Waals surface area contributed by atoms with Gasteiger partial charge in [-0.1, -0.05) is 54.1 Å². The summed E-state index contributed by atoms with van der Waals surface area (Å²) in [5.41, 5.74) is 5.11. The second-order valence-electron chi connectivity index (χ2n) is 5.95. The Morgan fingerprint density at radius 2 is 1.82 bits per heavy atom. The number of benzene rings is 3. The van der Waals surface area contributed by atoms with Crippen LogP contribution in [-0.4, -0.2) is 13.3 Å². The van der Waals surface area contributed by atoms with Gasteiger partial charge < -0.3 is 14.9 Å². The van der Waals surface area contributed by atoms with Crippen LogP contribution >= 0.6 is 11.6 Å². The lowest BCUT2D eigenvalue weighted by atomic mass is 10.2. The van der Waals surface area contributed by atoms with Crippen molar-refractivity contribution in [1.82, 2.24) is 5.43 Å². The molecule has 0 heterocycles. The SMILES string of the molecule is COc1cccc(C=NNCc2ccccc2)c1OCc1c(F)cccc1Cl. The second-order valence-corrected chi connectivity index (χ2v) is 6.35. The van der Waals surface area contributed by atoms with Gasteiger partial charge in [0.1, 0.15) is 12.4 Å². The molecule has 0 aliphatic rings. The fourth-order valence-corrected chi connectivity index (χ4v) is 2.83. The highest BCUT2D eigenvalue weighted by Crippen LogP contribution is 2.32. The zero-order valence-corrected chi connectivity index (χ0v) is 16.1. The minimum absolute atomic E-state index is 0.0236. The molecule has 144 valence electrons. The molecule has 3 aromatic rings. The lowest BCUT2D eigenvalue weighted by Gasteiger charge is -2.14. The summed E-state index contributed by atoms with van der Waals surface area (Å²) < 4.78 is 25.2. The number of rotatable bonds is 8. The van der Waals surface area contributed by atoms with E-state index in [1.807, 2.05) is 42.5 Å². The van der Waals surface area contributed by atoms with Crippen LogP contribution in [0, 0.1) is 5.82 Å². The number of nitrogens with zero attached hydrogens (tertiary/aromatic N) is 1. The van der Waals surface area contributed by atoms with E-state index in [2.05, 4.69) is 10.5 Å². The van der Waals surface area contributed by atoms with Gasteiger partial charge in [0.25, 0.3) is 0 Å². The normalized spacial score (nSPS) is 10.8. The number of methoxy groups -OCH3 is 1. The van der Waals surface area contributed by atoms with Gasteiger partial charge in [-0.25, -0.2) is 4.39 Å². The number of hydrogen-bond donors (Lipinski definition) is 1. The largest absolute Gasteiger partial charge is 0.493 e. The maximum absolute atomic E-state index is 14.0. The summed E-state index contributed by atoms with van der Waals surface area (Å²) >= 11 is 6.08. The molecule has 0 bridgehead atoms. The van der Waals surface area contributed by atoms with Gasteiger partial charge in [-0.3, -0.25) is 0 Å². The Bertz CT molecular complexity index is 928. The zero-order valence-electron chi connectivity index (χ0n) is 15.4. The third-order valence-electron chi connectivity index (χ3n) is 4.07. The number of halogens is 2. The van der Waals surface area contributed by atoms with Gasteiger partial charge in [0, 0.05) is 11.1 Å². The van der Waals surface area contributed by atoms with Gasteiger partial charge >= 0.3 is 0 Å². The maximum Gasteiger partial charge on any atom is 0.170 e. The minimum Gasteiger partial charge on any atom is -0.493 e. The van der Waals surface area contributed by atoms with Gasteiger partial charge in [-0.05, 0) is 29.8 Å². The van der Waals surface area contributed by atoms with Crippen LogP contribution in [0.15, 0.2) is 71.8 Å². The standard InChI is InChI=1S/C22H20ClFN2O2/c1-27-21-12-5-9-17(14-26-25-13-16-7-3-2-4-8-16)22(21)28-15-18-19(23)10-6-11-20(18)24/h2-12,14,25H,13,15H2,1H3. The number of hydrazone groups is 1. The van der Waals surface area contributed by atoms with Crippen LogP contribution < -0.4 is 14.9 Å². The van der Waals surface area contributed by atoms with Gasteiger partial charge in [-0.15, -0.1) is 0 Å². The molecule has 4 nitrogen and oxygen atoms in total. The van der Waals surface area contributed by atoms with Gasteiger partial charge in [0.15, 0.2) is 11.5 Å². The molecule has 28 heavy (non-hydrogen) atoms. The average molecular weight is 399 g/mol. The first kappa shape index (κ1) is 19.7. The molecule has 0 radical (unpaired) electrons.